The molecule has 28 heavy (non-hydrogen) atoms. The maximum absolute atomic E-state index is 12.6. The smallest absolute Gasteiger partial charge is 0.302 e. The molecular weight excluding hydrogens is 376 g/mol. The van der Waals surface area contributed by atoms with Crippen molar-refractivity contribution >= 4 is 34.1 Å². The third-order valence-corrected chi connectivity index (χ3v) is 5.78. The van der Waals surface area contributed by atoms with Gasteiger partial charge in [-0.25, -0.2) is 5.01 Å². The van der Waals surface area contributed by atoms with Crippen molar-refractivity contribution in [3.63, 3.8) is 0 Å². The van der Waals surface area contributed by atoms with Crippen LogP contribution in [-0.2, 0) is 6.54 Å². The van der Waals surface area contributed by atoms with Crippen LogP contribution in [0.25, 0.3) is 0 Å². The van der Waals surface area contributed by atoms with Crippen LogP contribution in [0.4, 0.5) is 16.2 Å². The summed E-state index contributed by atoms with van der Waals surface area (Å²) in [4.78, 5) is 12.6. The molecule has 0 aromatic heterocycles. The number of carbonyl (C=O) groups excluding carboxylic acids is 1. The van der Waals surface area contributed by atoms with Crippen molar-refractivity contribution in [3.8, 4) is 11.5 Å². The lowest BCUT2D eigenvalue weighted by molar-refractivity contribution is 0.222. The van der Waals surface area contributed by atoms with Gasteiger partial charge < -0.3 is 20.9 Å². The van der Waals surface area contributed by atoms with Crippen LogP contribution in [0.15, 0.2) is 41.5 Å². The van der Waals surface area contributed by atoms with Gasteiger partial charge in [-0.3, -0.25) is 4.79 Å². The molecule has 1 unspecified atom stereocenters. The largest absolute Gasteiger partial charge is 0.493 e. The first-order valence-corrected chi connectivity index (χ1v) is 9.77. The summed E-state index contributed by atoms with van der Waals surface area (Å²) in [7, 11) is 3.19. The van der Waals surface area contributed by atoms with Gasteiger partial charge in [-0.2, -0.15) is 5.10 Å². The van der Waals surface area contributed by atoms with Gasteiger partial charge in [0.1, 0.15) is 0 Å². The van der Waals surface area contributed by atoms with E-state index in [9.17, 15) is 4.79 Å². The number of thioether (sulfide) groups is 1. The standard InChI is InChI=1S/C20H24N4O3S/c1-4-18-19(12-6-8-16(26-2)17(9-12)27-3)23-24(20(25)28-18)11-13-5-7-14(21)10-15(13)22/h5-10,18H,4,11,21-22H2,1-3H3. The number of anilines is 2. The summed E-state index contributed by atoms with van der Waals surface area (Å²) in [6.45, 7) is 2.32. The molecule has 148 valence electrons. The van der Waals surface area contributed by atoms with E-state index < -0.39 is 0 Å². The molecule has 2 aromatic carbocycles. The zero-order valence-corrected chi connectivity index (χ0v) is 17.0. The Kier molecular flexibility index (Phi) is 5.99. The first-order chi connectivity index (χ1) is 13.5. The van der Waals surface area contributed by atoms with Gasteiger partial charge in [-0.15, -0.1) is 0 Å². The van der Waals surface area contributed by atoms with E-state index in [2.05, 4.69) is 5.10 Å². The molecule has 0 radical (unpaired) electrons. The van der Waals surface area contributed by atoms with Crippen LogP contribution in [0.1, 0.15) is 24.5 Å². The molecule has 0 spiro atoms. The second-order valence-corrected chi connectivity index (χ2v) is 7.51. The molecule has 1 atom stereocenters. The number of nitrogens with two attached hydrogens (primary N) is 2. The van der Waals surface area contributed by atoms with Crippen LogP contribution in [0, 0.1) is 0 Å². The van der Waals surface area contributed by atoms with Crippen molar-refractivity contribution in [2.75, 3.05) is 25.7 Å². The van der Waals surface area contributed by atoms with Crippen LogP contribution < -0.4 is 20.9 Å². The molecular formula is C20H24N4O3S. The molecule has 1 aliphatic heterocycles. The van der Waals surface area contributed by atoms with Gasteiger partial charge >= 0.3 is 5.24 Å². The molecule has 0 fully saturated rings. The summed E-state index contributed by atoms with van der Waals surface area (Å²) >= 11 is 1.27. The van der Waals surface area contributed by atoms with E-state index in [-0.39, 0.29) is 17.0 Å². The number of ether oxygens (including phenoxy) is 2. The highest BCUT2D eigenvalue weighted by Crippen LogP contribution is 2.34. The van der Waals surface area contributed by atoms with Crippen molar-refractivity contribution in [1.29, 1.82) is 0 Å². The molecule has 0 saturated carbocycles. The molecule has 8 heteroatoms. The number of nitrogen functional groups attached to an aromatic ring is 2. The number of amides is 1. The van der Waals surface area contributed by atoms with E-state index in [4.69, 9.17) is 20.9 Å². The third-order valence-electron chi connectivity index (χ3n) is 4.53. The van der Waals surface area contributed by atoms with E-state index in [1.807, 2.05) is 31.2 Å². The van der Waals surface area contributed by atoms with Gasteiger partial charge in [0.25, 0.3) is 0 Å². The van der Waals surface area contributed by atoms with Crippen LogP contribution in [-0.4, -0.2) is 35.4 Å². The fraction of sp³-hybridized carbons (Fsp3) is 0.300. The lowest BCUT2D eigenvalue weighted by atomic mass is 10.0. The molecule has 0 bridgehead atoms. The monoisotopic (exact) mass is 400 g/mol. The number of nitrogens with zero attached hydrogens (tertiary/aromatic N) is 2. The Bertz CT molecular complexity index is 916. The third kappa shape index (κ3) is 4.01. The summed E-state index contributed by atoms with van der Waals surface area (Å²) < 4.78 is 10.7. The summed E-state index contributed by atoms with van der Waals surface area (Å²) in [6, 6.07) is 10.9. The predicted molar refractivity (Wildman–Crippen MR) is 114 cm³/mol. The molecule has 7 nitrogen and oxygen atoms in total. The van der Waals surface area contributed by atoms with Gasteiger partial charge in [0.15, 0.2) is 11.5 Å². The van der Waals surface area contributed by atoms with Gasteiger partial charge in [-0.1, -0.05) is 24.8 Å². The summed E-state index contributed by atoms with van der Waals surface area (Å²) in [6.07, 6.45) is 0.779. The van der Waals surface area contributed by atoms with E-state index in [0.717, 1.165) is 23.3 Å². The Labute approximate surface area is 168 Å². The molecule has 0 saturated heterocycles. The Morgan fingerprint density at radius 1 is 1.11 bits per heavy atom. The maximum atomic E-state index is 12.6. The van der Waals surface area contributed by atoms with Gasteiger partial charge in [0.2, 0.25) is 0 Å². The van der Waals surface area contributed by atoms with E-state index in [1.54, 1.807) is 26.4 Å². The zero-order chi connectivity index (χ0) is 20.3. The molecule has 0 aliphatic carbocycles. The van der Waals surface area contributed by atoms with Crippen molar-refractivity contribution in [1.82, 2.24) is 5.01 Å². The highest BCUT2D eigenvalue weighted by Gasteiger charge is 2.30. The lowest BCUT2D eigenvalue weighted by Gasteiger charge is -2.29. The first-order valence-electron chi connectivity index (χ1n) is 8.89. The van der Waals surface area contributed by atoms with Gasteiger partial charge in [0.05, 0.1) is 31.7 Å². The van der Waals surface area contributed by atoms with E-state index in [0.29, 0.717) is 22.9 Å². The SMILES string of the molecule is CCC1SC(=O)N(Cc2ccc(N)cc2N)N=C1c1ccc(OC)c(OC)c1. The van der Waals surface area contributed by atoms with Crippen molar-refractivity contribution in [3.05, 3.63) is 47.5 Å². The second-order valence-electron chi connectivity index (χ2n) is 6.35. The van der Waals surface area contributed by atoms with Crippen LogP contribution in [0.5, 0.6) is 11.5 Å². The van der Waals surface area contributed by atoms with E-state index in [1.165, 1.54) is 16.8 Å². The predicted octanol–water partition coefficient (Wildman–Crippen LogP) is 3.72. The van der Waals surface area contributed by atoms with E-state index >= 15 is 0 Å². The molecule has 1 aliphatic rings. The molecule has 1 amide bonds. The lowest BCUT2D eigenvalue weighted by Crippen LogP contribution is -2.35. The van der Waals surface area contributed by atoms with Crippen molar-refractivity contribution in [2.24, 2.45) is 5.10 Å². The number of hydrazone groups is 1. The fourth-order valence-corrected chi connectivity index (χ4v) is 3.94. The zero-order valence-electron chi connectivity index (χ0n) is 16.1. The molecule has 4 N–H and O–H groups in total. The number of rotatable bonds is 6. The minimum absolute atomic E-state index is 0.0365. The Morgan fingerprint density at radius 3 is 2.50 bits per heavy atom. The maximum Gasteiger partial charge on any atom is 0.302 e. The van der Waals surface area contributed by atoms with Crippen molar-refractivity contribution in [2.45, 2.75) is 25.1 Å². The van der Waals surface area contributed by atoms with Crippen molar-refractivity contribution < 1.29 is 14.3 Å². The summed E-state index contributed by atoms with van der Waals surface area (Å²) in [5, 5.41) is 5.98. The summed E-state index contributed by atoms with van der Waals surface area (Å²) in [5.74, 6) is 1.26. The number of benzene rings is 2. The molecule has 2 aromatic rings. The fourth-order valence-electron chi connectivity index (χ4n) is 3.01. The van der Waals surface area contributed by atoms with Crippen LogP contribution in [0.2, 0.25) is 0 Å². The average Bonchev–Trinajstić information content (AvgIpc) is 2.70. The van der Waals surface area contributed by atoms with Crippen LogP contribution >= 0.6 is 11.8 Å². The van der Waals surface area contributed by atoms with Gasteiger partial charge in [-0.05, 0) is 42.3 Å². The minimum Gasteiger partial charge on any atom is -0.493 e. The molecule has 1 heterocycles. The highest BCUT2D eigenvalue weighted by atomic mass is 32.2. The second kappa shape index (κ2) is 8.43. The number of hydrogen-bond acceptors (Lipinski definition) is 7. The highest BCUT2D eigenvalue weighted by molar-refractivity contribution is 8.14. The number of methoxy groups -OCH3 is 2. The Morgan fingerprint density at radius 2 is 1.86 bits per heavy atom. The Hall–Kier alpha value is -2.87. The summed E-state index contributed by atoms with van der Waals surface area (Å²) in [5.41, 5.74) is 15.4. The topological polar surface area (TPSA) is 103 Å². The Balaban J connectivity index is 1.97. The minimum atomic E-state index is -0.104. The normalized spacial score (nSPS) is 16.7. The number of carbonyl (C=O) groups is 1. The molecule has 3 rings (SSSR count). The van der Waals surface area contributed by atoms with Gasteiger partial charge in [0, 0.05) is 16.9 Å². The number of hydrogen-bond donors (Lipinski definition) is 2. The first kappa shape index (κ1) is 19.9. The quantitative estimate of drug-likeness (QED) is 0.716. The van der Waals surface area contributed by atoms with Crippen LogP contribution in [0.3, 0.4) is 0 Å². The average molecular weight is 401 g/mol.